The van der Waals surface area contributed by atoms with Gasteiger partial charge < -0.3 is 8.85 Å². The van der Waals surface area contributed by atoms with Crippen molar-refractivity contribution in [1.29, 1.82) is 0 Å². The predicted molar refractivity (Wildman–Crippen MR) is 100.0 cm³/mol. The highest BCUT2D eigenvalue weighted by Crippen LogP contribution is 2.16. The van der Waals surface area contributed by atoms with E-state index in [4.69, 9.17) is 8.85 Å². The van der Waals surface area contributed by atoms with Gasteiger partial charge in [0.05, 0.1) is 0 Å². The lowest BCUT2D eigenvalue weighted by atomic mass is 10.2. The molecule has 0 aromatic heterocycles. The lowest BCUT2D eigenvalue weighted by Gasteiger charge is -2.23. The molecule has 0 bridgehead atoms. The SMILES string of the molecule is CCO[Si](/C=C/c1ccccc1)(/C=C/c1ccccc1)OCC. The zero-order valence-electron chi connectivity index (χ0n) is 13.8. The maximum Gasteiger partial charge on any atom is 0.392 e. The van der Waals surface area contributed by atoms with Crippen molar-refractivity contribution in [3.8, 4) is 0 Å². The van der Waals surface area contributed by atoms with Crippen molar-refractivity contribution in [2.45, 2.75) is 13.8 Å². The maximum absolute atomic E-state index is 6.06. The van der Waals surface area contributed by atoms with Crippen LogP contribution in [0.5, 0.6) is 0 Å². The van der Waals surface area contributed by atoms with Crippen LogP contribution < -0.4 is 0 Å². The summed E-state index contributed by atoms with van der Waals surface area (Å²) in [4.78, 5) is 0. The van der Waals surface area contributed by atoms with E-state index in [-0.39, 0.29) is 0 Å². The van der Waals surface area contributed by atoms with Crippen molar-refractivity contribution in [2.24, 2.45) is 0 Å². The van der Waals surface area contributed by atoms with Gasteiger partial charge in [0.15, 0.2) is 0 Å². The normalized spacial score (nSPS) is 12.3. The van der Waals surface area contributed by atoms with Gasteiger partial charge in [-0.25, -0.2) is 0 Å². The largest absolute Gasteiger partial charge is 0.392 e. The van der Waals surface area contributed by atoms with E-state index in [2.05, 4.69) is 47.8 Å². The molecule has 0 aliphatic carbocycles. The van der Waals surface area contributed by atoms with Crippen molar-refractivity contribution in [2.75, 3.05) is 13.2 Å². The van der Waals surface area contributed by atoms with Crippen LogP contribution in [-0.4, -0.2) is 21.8 Å². The standard InChI is InChI=1S/C20H24O2Si/c1-3-21-23(22-4-2,17-15-19-11-7-5-8-12-19)18-16-20-13-9-6-10-14-20/h5-18H,3-4H2,1-2H3/b17-15+,18-16+. The number of benzene rings is 2. The molecule has 2 aromatic rings. The average Bonchev–Trinajstić information content (AvgIpc) is 2.60. The average molecular weight is 324 g/mol. The molecule has 2 nitrogen and oxygen atoms in total. The fourth-order valence-corrected chi connectivity index (χ4v) is 4.63. The summed E-state index contributed by atoms with van der Waals surface area (Å²) >= 11 is 0. The Morgan fingerprint density at radius 1 is 0.696 bits per heavy atom. The van der Waals surface area contributed by atoms with Crippen LogP contribution in [0.25, 0.3) is 12.2 Å². The molecule has 0 unspecified atom stereocenters. The predicted octanol–water partition coefficient (Wildman–Crippen LogP) is 5.01. The summed E-state index contributed by atoms with van der Waals surface area (Å²) in [5.74, 6) is 0. The van der Waals surface area contributed by atoms with Gasteiger partial charge in [0.25, 0.3) is 0 Å². The highest BCUT2D eigenvalue weighted by Gasteiger charge is 2.31. The zero-order valence-corrected chi connectivity index (χ0v) is 14.8. The summed E-state index contributed by atoms with van der Waals surface area (Å²) in [6.07, 6.45) is 4.18. The van der Waals surface area contributed by atoms with Crippen LogP contribution in [0.2, 0.25) is 0 Å². The Bertz CT molecular complexity index is 563. The third-order valence-electron chi connectivity index (χ3n) is 3.36. The monoisotopic (exact) mass is 324 g/mol. The Morgan fingerprint density at radius 2 is 1.09 bits per heavy atom. The lowest BCUT2D eigenvalue weighted by molar-refractivity contribution is 0.206. The van der Waals surface area contributed by atoms with Crippen LogP contribution in [-0.2, 0) is 8.85 Å². The van der Waals surface area contributed by atoms with Gasteiger partial charge in [-0.2, -0.15) is 0 Å². The van der Waals surface area contributed by atoms with Gasteiger partial charge in [-0.15, -0.1) is 0 Å². The molecule has 0 radical (unpaired) electrons. The fraction of sp³-hybridized carbons (Fsp3) is 0.200. The van der Waals surface area contributed by atoms with Gasteiger partial charge in [-0.3, -0.25) is 0 Å². The van der Waals surface area contributed by atoms with Gasteiger partial charge in [0, 0.05) is 13.2 Å². The minimum Gasteiger partial charge on any atom is -0.389 e. The fourth-order valence-electron chi connectivity index (χ4n) is 2.29. The van der Waals surface area contributed by atoms with E-state index < -0.39 is 8.56 Å². The summed E-state index contributed by atoms with van der Waals surface area (Å²) in [5.41, 5.74) is 6.51. The van der Waals surface area contributed by atoms with Crippen LogP contribution in [0.4, 0.5) is 0 Å². The molecule has 23 heavy (non-hydrogen) atoms. The third kappa shape index (κ3) is 5.64. The Hall–Kier alpha value is -1.94. The molecule has 0 saturated heterocycles. The molecule has 0 amide bonds. The first-order valence-corrected chi connectivity index (χ1v) is 10.0. The minimum atomic E-state index is -2.52. The first-order chi connectivity index (χ1) is 11.3. The minimum absolute atomic E-state index is 0.629. The van der Waals surface area contributed by atoms with E-state index in [0.29, 0.717) is 13.2 Å². The molecular weight excluding hydrogens is 300 g/mol. The summed E-state index contributed by atoms with van der Waals surface area (Å²) in [7, 11) is -2.52. The summed E-state index contributed by atoms with van der Waals surface area (Å²) < 4.78 is 12.1. The molecule has 0 saturated carbocycles. The topological polar surface area (TPSA) is 18.5 Å². The van der Waals surface area contributed by atoms with Gasteiger partial charge >= 0.3 is 8.56 Å². The molecular formula is C20H24O2Si. The molecule has 3 heteroatoms. The molecule has 2 rings (SSSR count). The second-order valence-corrected chi connectivity index (χ2v) is 7.76. The first kappa shape index (κ1) is 17.4. The lowest BCUT2D eigenvalue weighted by Crippen LogP contribution is -2.38. The van der Waals surface area contributed by atoms with Crippen LogP contribution in [0.1, 0.15) is 25.0 Å². The Morgan fingerprint density at radius 3 is 1.43 bits per heavy atom. The van der Waals surface area contributed by atoms with Crippen LogP contribution in [0.3, 0.4) is 0 Å². The first-order valence-electron chi connectivity index (χ1n) is 8.04. The number of rotatable bonds is 8. The highest BCUT2D eigenvalue weighted by atomic mass is 28.4. The van der Waals surface area contributed by atoms with E-state index in [9.17, 15) is 0 Å². The number of hydrogen-bond donors (Lipinski definition) is 0. The van der Waals surface area contributed by atoms with Crippen molar-refractivity contribution in [3.63, 3.8) is 0 Å². The van der Waals surface area contributed by atoms with Crippen LogP contribution >= 0.6 is 0 Å². The molecule has 2 aromatic carbocycles. The van der Waals surface area contributed by atoms with Gasteiger partial charge in [-0.05, 0) is 36.4 Å². The van der Waals surface area contributed by atoms with E-state index in [1.807, 2.05) is 50.2 Å². The Kier molecular flexibility index (Phi) is 7.00. The van der Waals surface area contributed by atoms with Crippen molar-refractivity contribution < 1.29 is 8.85 Å². The second kappa shape index (κ2) is 9.25. The van der Waals surface area contributed by atoms with Crippen molar-refractivity contribution in [3.05, 3.63) is 83.2 Å². The molecule has 0 aliphatic rings. The van der Waals surface area contributed by atoms with Gasteiger partial charge in [0.1, 0.15) is 0 Å². The molecule has 120 valence electrons. The quantitative estimate of drug-likeness (QED) is 0.636. The molecule has 0 aliphatic heterocycles. The van der Waals surface area contributed by atoms with Crippen molar-refractivity contribution in [1.82, 2.24) is 0 Å². The highest BCUT2D eigenvalue weighted by molar-refractivity contribution is 6.78. The molecule has 0 spiro atoms. The van der Waals surface area contributed by atoms with Crippen LogP contribution in [0, 0.1) is 0 Å². The van der Waals surface area contributed by atoms with E-state index >= 15 is 0 Å². The van der Waals surface area contributed by atoms with E-state index in [1.54, 1.807) is 0 Å². The van der Waals surface area contributed by atoms with E-state index in [0.717, 1.165) is 11.1 Å². The molecule has 0 fully saturated rings. The summed E-state index contributed by atoms with van der Waals surface area (Å²) in [6.45, 7) is 5.27. The second-order valence-electron chi connectivity index (χ2n) is 5.08. The van der Waals surface area contributed by atoms with Gasteiger partial charge in [0.2, 0.25) is 0 Å². The molecule has 0 N–H and O–H groups in total. The molecule has 0 heterocycles. The smallest absolute Gasteiger partial charge is 0.389 e. The Labute approximate surface area is 140 Å². The van der Waals surface area contributed by atoms with Crippen LogP contribution in [0.15, 0.2) is 72.1 Å². The van der Waals surface area contributed by atoms with E-state index in [1.165, 1.54) is 0 Å². The maximum atomic E-state index is 6.06. The number of hydrogen-bond acceptors (Lipinski definition) is 2. The third-order valence-corrected chi connectivity index (χ3v) is 6.10. The van der Waals surface area contributed by atoms with Gasteiger partial charge in [-0.1, -0.05) is 72.8 Å². The summed E-state index contributed by atoms with van der Waals surface area (Å²) in [6, 6.07) is 20.5. The van der Waals surface area contributed by atoms with Crippen molar-refractivity contribution >= 4 is 20.7 Å². The molecule has 0 atom stereocenters. The zero-order chi connectivity index (χ0) is 16.4. The Balaban J connectivity index is 2.27. The summed E-state index contributed by atoms with van der Waals surface area (Å²) in [5, 5.41) is 0.